The minimum absolute atomic E-state index is 0.189. The van der Waals surface area contributed by atoms with Gasteiger partial charge < -0.3 is 5.73 Å². The van der Waals surface area contributed by atoms with Gasteiger partial charge in [-0.05, 0) is 6.92 Å². The van der Waals surface area contributed by atoms with Crippen LogP contribution in [0.4, 0.5) is 0 Å². The second-order valence-electron chi connectivity index (χ2n) is 3.77. The summed E-state index contributed by atoms with van der Waals surface area (Å²) in [5, 5.41) is 5.54. The van der Waals surface area contributed by atoms with Crippen molar-refractivity contribution >= 4 is 17.1 Å². The van der Waals surface area contributed by atoms with Crippen LogP contribution >= 0.6 is 11.3 Å². The Morgan fingerprint density at radius 1 is 1.44 bits per heavy atom. The zero-order valence-corrected chi connectivity index (χ0v) is 10.4. The van der Waals surface area contributed by atoms with Crippen LogP contribution in [0.3, 0.4) is 0 Å². The molecule has 18 heavy (non-hydrogen) atoms. The number of H-pyrrole nitrogens is 1. The summed E-state index contributed by atoms with van der Waals surface area (Å²) in [5.41, 5.74) is 6.63. The first-order chi connectivity index (χ1) is 8.67. The lowest BCUT2D eigenvalue weighted by Gasteiger charge is -1.90. The first-order valence-electron chi connectivity index (χ1n) is 5.28. The molecule has 0 saturated heterocycles. The van der Waals surface area contributed by atoms with Gasteiger partial charge in [-0.15, -0.1) is 11.3 Å². The number of hydrogen-bond donors (Lipinski definition) is 2. The number of nitrogens with two attached hydrogens (primary N) is 1. The molecule has 92 valence electrons. The standard InChI is InChI=1S/C10H10N6OS/c1-5-2-8(17)16-10(12-5)14-9(15-16)6-4-18-7(3-11)13-6/h2,4H,3,11H2,1H3,(H,12,14,15). The molecule has 0 amide bonds. The monoisotopic (exact) mass is 262 g/mol. The van der Waals surface area contributed by atoms with Gasteiger partial charge in [0.2, 0.25) is 0 Å². The van der Waals surface area contributed by atoms with E-state index in [9.17, 15) is 4.79 Å². The maximum absolute atomic E-state index is 11.7. The van der Waals surface area contributed by atoms with Gasteiger partial charge in [-0.25, -0.2) is 9.97 Å². The summed E-state index contributed by atoms with van der Waals surface area (Å²) in [4.78, 5) is 24.5. The van der Waals surface area contributed by atoms with Crippen molar-refractivity contribution in [2.24, 2.45) is 5.73 Å². The maximum Gasteiger partial charge on any atom is 0.274 e. The quantitative estimate of drug-likeness (QED) is 0.692. The lowest BCUT2D eigenvalue weighted by Crippen LogP contribution is -2.14. The molecule has 3 heterocycles. The van der Waals surface area contributed by atoms with Gasteiger partial charge in [0.15, 0.2) is 5.82 Å². The first kappa shape index (κ1) is 11.1. The lowest BCUT2D eigenvalue weighted by atomic mass is 10.4. The van der Waals surface area contributed by atoms with E-state index in [1.165, 1.54) is 21.9 Å². The molecule has 3 rings (SSSR count). The SMILES string of the molecule is Cc1cc(=O)n2[nH]c(-c3csc(CN)n3)nc2n1. The molecule has 7 nitrogen and oxygen atoms in total. The van der Waals surface area contributed by atoms with Crippen LogP contribution in [0.25, 0.3) is 17.3 Å². The molecule has 0 aliphatic carbocycles. The number of hydrogen-bond acceptors (Lipinski definition) is 6. The third kappa shape index (κ3) is 1.71. The molecule has 0 spiro atoms. The lowest BCUT2D eigenvalue weighted by molar-refractivity contribution is 0.890. The molecule has 0 unspecified atom stereocenters. The van der Waals surface area contributed by atoms with Crippen molar-refractivity contribution in [3.8, 4) is 11.5 Å². The van der Waals surface area contributed by atoms with E-state index in [4.69, 9.17) is 5.73 Å². The predicted molar refractivity (Wildman–Crippen MR) is 67.3 cm³/mol. The average molecular weight is 262 g/mol. The summed E-state index contributed by atoms with van der Waals surface area (Å²) in [7, 11) is 0. The largest absolute Gasteiger partial charge is 0.325 e. The van der Waals surface area contributed by atoms with Gasteiger partial charge in [0, 0.05) is 23.7 Å². The van der Waals surface area contributed by atoms with Crippen molar-refractivity contribution in [2.75, 3.05) is 0 Å². The molecular weight excluding hydrogens is 252 g/mol. The molecule has 0 aromatic carbocycles. The molecule has 0 radical (unpaired) electrons. The number of thiazole rings is 1. The first-order valence-corrected chi connectivity index (χ1v) is 6.16. The summed E-state index contributed by atoms with van der Waals surface area (Å²) in [5.74, 6) is 0.860. The Morgan fingerprint density at radius 3 is 3.00 bits per heavy atom. The number of aromatic nitrogens is 5. The van der Waals surface area contributed by atoms with E-state index in [1.807, 2.05) is 5.38 Å². The van der Waals surface area contributed by atoms with Crippen LogP contribution in [-0.4, -0.2) is 24.6 Å². The average Bonchev–Trinajstić information content (AvgIpc) is 2.93. The molecule has 0 saturated carbocycles. The third-order valence-electron chi connectivity index (χ3n) is 2.43. The Morgan fingerprint density at radius 2 is 2.28 bits per heavy atom. The molecule has 0 aliphatic heterocycles. The van der Waals surface area contributed by atoms with Gasteiger partial charge in [-0.3, -0.25) is 9.89 Å². The van der Waals surface area contributed by atoms with Gasteiger partial charge >= 0.3 is 0 Å². The molecule has 0 aliphatic rings. The summed E-state index contributed by atoms with van der Waals surface area (Å²) in [6.07, 6.45) is 0. The van der Waals surface area contributed by atoms with Crippen LogP contribution in [-0.2, 0) is 6.54 Å². The fourth-order valence-corrected chi connectivity index (χ4v) is 2.28. The predicted octanol–water partition coefficient (Wildman–Crippen LogP) is 0.308. The second-order valence-corrected chi connectivity index (χ2v) is 4.72. The maximum atomic E-state index is 11.7. The second kappa shape index (κ2) is 4.00. The highest BCUT2D eigenvalue weighted by atomic mass is 32.1. The molecule has 0 bridgehead atoms. The number of fused-ring (bicyclic) bond motifs is 1. The van der Waals surface area contributed by atoms with Gasteiger partial charge in [0.05, 0.1) is 0 Å². The van der Waals surface area contributed by atoms with Crippen molar-refractivity contribution < 1.29 is 0 Å². The van der Waals surface area contributed by atoms with E-state index >= 15 is 0 Å². The van der Waals surface area contributed by atoms with E-state index in [0.29, 0.717) is 29.5 Å². The number of aromatic amines is 1. The van der Waals surface area contributed by atoms with Crippen LogP contribution in [0.5, 0.6) is 0 Å². The Kier molecular flexibility index (Phi) is 2.46. The van der Waals surface area contributed by atoms with Gasteiger partial charge in [0.1, 0.15) is 10.7 Å². The Hall–Kier alpha value is -2.06. The van der Waals surface area contributed by atoms with Crippen LogP contribution in [0.15, 0.2) is 16.2 Å². The molecule has 3 N–H and O–H groups in total. The highest BCUT2D eigenvalue weighted by molar-refractivity contribution is 7.09. The summed E-state index contributed by atoms with van der Waals surface area (Å²) < 4.78 is 1.30. The molecule has 3 aromatic rings. The van der Waals surface area contributed by atoms with Crippen molar-refractivity contribution in [3.05, 3.63) is 32.5 Å². The highest BCUT2D eigenvalue weighted by Crippen LogP contribution is 2.18. The van der Waals surface area contributed by atoms with Crippen LogP contribution < -0.4 is 11.3 Å². The number of nitrogens with one attached hydrogen (secondary N) is 1. The summed E-state index contributed by atoms with van der Waals surface area (Å²) in [6, 6.07) is 1.45. The van der Waals surface area contributed by atoms with Crippen molar-refractivity contribution in [2.45, 2.75) is 13.5 Å². The van der Waals surface area contributed by atoms with Gasteiger partial charge in [0.25, 0.3) is 11.3 Å². The Labute approximate surface area is 105 Å². The Bertz CT molecular complexity index is 770. The van der Waals surface area contributed by atoms with Crippen molar-refractivity contribution in [1.82, 2.24) is 24.6 Å². The van der Waals surface area contributed by atoms with E-state index < -0.39 is 0 Å². The van der Waals surface area contributed by atoms with E-state index in [0.717, 1.165) is 5.01 Å². The third-order valence-corrected chi connectivity index (χ3v) is 3.30. The molecule has 3 aromatic heterocycles. The van der Waals surface area contributed by atoms with E-state index in [2.05, 4.69) is 20.1 Å². The van der Waals surface area contributed by atoms with Crippen molar-refractivity contribution in [3.63, 3.8) is 0 Å². The minimum atomic E-state index is -0.189. The zero-order chi connectivity index (χ0) is 12.7. The number of rotatable bonds is 2. The zero-order valence-electron chi connectivity index (χ0n) is 9.54. The van der Waals surface area contributed by atoms with Crippen LogP contribution in [0.2, 0.25) is 0 Å². The summed E-state index contributed by atoms with van der Waals surface area (Å²) >= 11 is 1.46. The van der Waals surface area contributed by atoms with Crippen LogP contribution in [0, 0.1) is 6.92 Å². The summed E-state index contributed by atoms with van der Waals surface area (Å²) in [6.45, 7) is 2.15. The van der Waals surface area contributed by atoms with Crippen molar-refractivity contribution in [1.29, 1.82) is 0 Å². The molecule has 0 atom stereocenters. The molecule has 8 heteroatoms. The fraction of sp³-hybridized carbons (Fsp3) is 0.200. The normalized spacial score (nSPS) is 11.2. The molecule has 0 fully saturated rings. The Balaban J connectivity index is 2.19. The fourth-order valence-electron chi connectivity index (χ4n) is 1.62. The minimum Gasteiger partial charge on any atom is -0.325 e. The van der Waals surface area contributed by atoms with E-state index in [-0.39, 0.29) is 5.56 Å². The smallest absolute Gasteiger partial charge is 0.274 e. The number of aryl methyl sites for hydroxylation is 1. The topological polar surface area (TPSA) is 102 Å². The van der Waals surface area contributed by atoms with Crippen LogP contribution in [0.1, 0.15) is 10.7 Å². The number of nitrogens with zero attached hydrogens (tertiary/aromatic N) is 4. The van der Waals surface area contributed by atoms with Gasteiger partial charge in [-0.1, -0.05) is 0 Å². The van der Waals surface area contributed by atoms with Gasteiger partial charge in [-0.2, -0.15) is 9.50 Å². The van der Waals surface area contributed by atoms with E-state index in [1.54, 1.807) is 6.92 Å². The molecular formula is C10H10N6OS. The highest BCUT2D eigenvalue weighted by Gasteiger charge is 2.11.